The van der Waals surface area contributed by atoms with Crippen LogP contribution in [0, 0.1) is 0 Å². The van der Waals surface area contributed by atoms with Crippen molar-refractivity contribution in [1.29, 1.82) is 0 Å². The molecule has 0 aliphatic heterocycles. The molecule has 3 N–H and O–H groups in total. The molecule has 0 unspecified atom stereocenters. The number of nitrogens with two attached hydrogens (primary N) is 1. The summed E-state index contributed by atoms with van der Waals surface area (Å²) in [6.45, 7) is 8.67. The first kappa shape index (κ1) is 14.3. The van der Waals surface area contributed by atoms with Gasteiger partial charge in [0.1, 0.15) is 5.82 Å². The van der Waals surface area contributed by atoms with E-state index < -0.39 is 0 Å². The van der Waals surface area contributed by atoms with Crippen LogP contribution in [-0.4, -0.2) is 27.2 Å². The number of nitrogen functional groups attached to an aromatic ring is 1. The maximum atomic E-state index is 12.2. The van der Waals surface area contributed by atoms with Crippen molar-refractivity contribution in [3.8, 4) is 0 Å². The van der Waals surface area contributed by atoms with Gasteiger partial charge in [-0.15, -0.1) is 0 Å². The van der Waals surface area contributed by atoms with Crippen LogP contribution in [0.3, 0.4) is 0 Å². The van der Waals surface area contributed by atoms with Gasteiger partial charge in [0.05, 0.1) is 10.9 Å². The molecule has 0 radical (unpaired) electrons. The average molecular weight is 275 g/mol. The quantitative estimate of drug-likeness (QED) is 0.896. The van der Waals surface area contributed by atoms with Gasteiger partial charge in [-0.05, 0) is 39.3 Å². The van der Waals surface area contributed by atoms with Crippen LogP contribution in [0.15, 0.2) is 12.1 Å². The number of anilines is 1. The molecule has 2 aromatic heterocycles. The fraction of sp³-hybridized carbons (Fsp3) is 0.500. The number of nitrogens with one attached hydrogen (secondary N) is 1. The Hall–Kier alpha value is -2.11. The summed E-state index contributed by atoms with van der Waals surface area (Å²) in [5, 5.41) is 8.01. The minimum absolute atomic E-state index is 0.175. The Bertz CT molecular complexity index is 639. The molecule has 0 spiro atoms. The fourth-order valence-electron chi connectivity index (χ4n) is 1.97. The Morgan fingerprint density at radius 2 is 2.10 bits per heavy atom. The zero-order valence-corrected chi connectivity index (χ0v) is 12.4. The lowest BCUT2D eigenvalue weighted by Crippen LogP contribution is -2.27. The number of nitrogens with zero attached hydrogens (tertiary/aromatic N) is 3. The van der Waals surface area contributed by atoms with Crippen molar-refractivity contribution in [1.82, 2.24) is 20.1 Å². The smallest absolute Gasteiger partial charge is 0.272 e. The highest BCUT2D eigenvalue weighted by atomic mass is 16.1. The Kier molecular flexibility index (Phi) is 3.65. The van der Waals surface area contributed by atoms with Gasteiger partial charge in [-0.25, -0.2) is 9.67 Å². The van der Waals surface area contributed by atoms with E-state index in [4.69, 9.17) is 5.73 Å². The first-order valence-corrected chi connectivity index (χ1v) is 6.78. The number of carbonyl (C=O) groups is 1. The lowest BCUT2D eigenvalue weighted by molar-refractivity contribution is 0.0948. The summed E-state index contributed by atoms with van der Waals surface area (Å²) >= 11 is 0. The number of fused-ring (bicyclic) bond motifs is 1. The molecule has 6 nitrogen and oxygen atoms in total. The summed E-state index contributed by atoms with van der Waals surface area (Å²) in [5.74, 6) is 0.245. The summed E-state index contributed by atoms with van der Waals surface area (Å²) in [6, 6.07) is 3.49. The van der Waals surface area contributed by atoms with E-state index in [0.717, 1.165) is 11.8 Å². The molecule has 2 heterocycles. The highest BCUT2D eigenvalue weighted by Crippen LogP contribution is 2.24. The van der Waals surface area contributed by atoms with Gasteiger partial charge in [-0.2, -0.15) is 5.10 Å². The largest absolute Gasteiger partial charge is 0.384 e. The summed E-state index contributed by atoms with van der Waals surface area (Å²) in [4.78, 5) is 16.5. The number of rotatable bonds is 3. The molecule has 20 heavy (non-hydrogen) atoms. The highest BCUT2D eigenvalue weighted by molar-refractivity contribution is 6.04. The normalized spacial score (nSPS) is 11.8. The molecule has 108 valence electrons. The van der Waals surface area contributed by atoms with E-state index in [9.17, 15) is 4.79 Å². The second-order valence-electron chi connectivity index (χ2n) is 5.79. The van der Waals surface area contributed by atoms with Crippen LogP contribution in [0.5, 0.6) is 0 Å². The fourth-order valence-corrected chi connectivity index (χ4v) is 1.97. The number of hydrogen-bond donors (Lipinski definition) is 2. The standard InChI is InChI=1S/C14H21N5O/c1-5-8-16-13(20)11-9-6-7-10(15)17-12(9)19(18-11)14(2,3)4/h6-7H,5,8H2,1-4H3,(H2,15,17)(H,16,20). The third-order valence-corrected chi connectivity index (χ3v) is 2.94. The maximum Gasteiger partial charge on any atom is 0.272 e. The number of hydrogen-bond acceptors (Lipinski definition) is 4. The molecular weight excluding hydrogens is 254 g/mol. The van der Waals surface area contributed by atoms with Crippen molar-refractivity contribution in [2.75, 3.05) is 12.3 Å². The van der Waals surface area contributed by atoms with E-state index in [2.05, 4.69) is 15.4 Å². The molecule has 0 saturated heterocycles. The molecule has 0 bridgehead atoms. The predicted octanol–water partition coefficient (Wildman–Crippen LogP) is 1.91. The number of pyridine rings is 1. The molecule has 0 aromatic carbocycles. The van der Waals surface area contributed by atoms with Crippen molar-refractivity contribution < 1.29 is 4.79 Å². The van der Waals surface area contributed by atoms with Gasteiger partial charge >= 0.3 is 0 Å². The van der Waals surface area contributed by atoms with Crippen molar-refractivity contribution in [3.05, 3.63) is 17.8 Å². The van der Waals surface area contributed by atoms with E-state index in [1.54, 1.807) is 16.8 Å². The number of amides is 1. The van der Waals surface area contributed by atoms with Crippen LogP contribution in [0.2, 0.25) is 0 Å². The lowest BCUT2D eigenvalue weighted by Gasteiger charge is -2.19. The third kappa shape index (κ3) is 2.59. The van der Waals surface area contributed by atoms with Crippen molar-refractivity contribution in [2.24, 2.45) is 0 Å². The zero-order valence-electron chi connectivity index (χ0n) is 12.4. The van der Waals surface area contributed by atoms with E-state index >= 15 is 0 Å². The molecule has 1 amide bonds. The molecule has 0 aliphatic carbocycles. The summed E-state index contributed by atoms with van der Waals surface area (Å²) < 4.78 is 1.75. The molecular formula is C14H21N5O. The molecule has 0 aliphatic rings. The van der Waals surface area contributed by atoms with Gasteiger partial charge in [0.15, 0.2) is 11.3 Å². The zero-order chi connectivity index (χ0) is 14.9. The lowest BCUT2D eigenvalue weighted by atomic mass is 10.1. The summed E-state index contributed by atoms with van der Waals surface area (Å²) in [7, 11) is 0. The summed E-state index contributed by atoms with van der Waals surface area (Å²) in [6.07, 6.45) is 0.884. The van der Waals surface area contributed by atoms with Crippen LogP contribution in [-0.2, 0) is 5.54 Å². The van der Waals surface area contributed by atoms with Crippen LogP contribution >= 0.6 is 0 Å². The van der Waals surface area contributed by atoms with Crippen molar-refractivity contribution in [3.63, 3.8) is 0 Å². The Balaban J connectivity index is 2.59. The first-order chi connectivity index (χ1) is 9.34. The Morgan fingerprint density at radius 3 is 2.70 bits per heavy atom. The second kappa shape index (κ2) is 5.11. The Labute approximate surface area is 118 Å². The van der Waals surface area contributed by atoms with Crippen LogP contribution in [0.4, 0.5) is 5.82 Å². The third-order valence-electron chi connectivity index (χ3n) is 2.94. The SMILES string of the molecule is CCCNC(=O)c1nn(C(C)(C)C)c2nc(N)ccc12. The number of aromatic nitrogens is 3. The highest BCUT2D eigenvalue weighted by Gasteiger charge is 2.24. The average Bonchev–Trinajstić information content (AvgIpc) is 2.74. The Morgan fingerprint density at radius 1 is 1.40 bits per heavy atom. The maximum absolute atomic E-state index is 12.2. The van der Waals surface area contributed by atoms with Crippen LogP contribution in [0.1, 0.15) is 44.6 Å². The van der Waals surface area contributed by atoms with Crippen molar-refractivity contribution in [2.45, 2.75) is 39.7 Å². The van der Waals surface area contributed by atoms with E-state index in [0.29, 0.717) is 23.7 Å². The molecule has 0 saturated carbocycles. The molecule has 2 aromatic rings. The van der Waals surface area contributed by atoms with Crippen molar-refractivity contribution >= 4 is 22.8 Å². The van der Waals surface area contributed by atoms with Crippen LogP contribution < -0.4 is 11.1 Å². The van der Waals surface area contributed by atoms with Crippen LogP contribution in [0.25, 0.3) is 11.0 Å². The summed E-state index contributed by atoms with van der Waals surface area (Å²) in [5.41, 5.74) is 6.51. The van der Waals surface area contributed by atoms with E-state index in [1.807, 2.05) is 27.7 Å². The van der Waals surface area contributed by atoms with E-state index in [-0.39, 0.29) is 11.4 Å². The minimum Gasteiger partial charge on any atom is -0.384 e. The molecule has 6 heteroatoms. The van der Waals surface area contributed by atoms with Gasteiger partial charge in [-0.1, -0.05) is 6.92 Å². The predicted molar refractivity (Wildman–Crippen MR) is 79.6 cm³/mol. The monoisotopic (exact) mass is 275 g/mol. The second-order valence-corrected chi connectivity index (χ2v) is 5.79. The van der Waals surface area contributed by atoms with Gasteiger partial charge in [0, 0.05) is 6.54 Å². The number of carbonyl (C=O) groups excluding carboxylic acids is 1. The minimum atomic E-state index is -0.275. The van der Waals surface area contributed by atoms with Gasteiger partial charge in [0.2, 0.25) is 0 Å². The van der Waals surface area contributed by atoms with Gasteiger partial charge < -0.3 is 11.1 Å². The first-order valence-electron chi connectivity index (χ1n) is 6.78. The van der Waals surface area contributed by atoms with Gasteiger partial charge in [-0.3, -0.25) is 4.79 Å². The van der Waals surface area contributed by atoms with E-state index in [1.165, 1.54) is 0 Å². The van der Waals surface area contributed by atoms with Gasteiger partial charge in [0.25, 0.3) is 5.91 Å². The molecule has 0 atom stereocenters. The topological polar surface area (TPSA) is 85.8 Å². The molecule has 0 fully saturated rings. The molecule has 2 rings (SSSR count).